The van der Waals surface area contributed by atoms with E-state index in [4.69, 9.17) is 0 Å². The monoisotopic (exact) mass is 340 g/mol. The van der Waals surface area contributed by atoms with Gasteiger partial charge in [0.05, 0.1) is 0 Å². The molecule has 0 amide bonds. The van der Waals surface area contributed by atoms with Gasteiger partial charge in [-0.3, -0.25) is 0 Å². The van der Waals surface area contributed by atoms with Gasteiger partial charge in [0.15, 0.2) is 0 Å². The molecule has 0 aliphatic heterocycles. The first-order chi connectivity index (χ1) is 12.4. The van der Waals surface area contributed by atoms with Crippen molar-refractivity contribution in [1.29, 1.82) is 0 Å². The number of aryl methyl sites for hydroxylation is 1. The molecule has 0 unspecified atom stereocenters. The first-order valence-electron chi connectivity index (χ1n) is 10.4. The van der Waals surface area contributed by atoms with Crippen LogP contribution < -0.4 is 0 Å². The van der Waals surface area contributed by atoms with Crippen LogP contribution in [0.5, 0.6) is 0 Å². The molecule has 1 aromatic carbocycles. The Morgan fingerprint density at radius 2 is 1.36 bits per heavy atom. The van der Waals surface area contributed by atoms with Crippen LogP contribution in [0, 0.1) is 0 Å². The van der Waals surface area contributed by atoms with E-state index in [1.54, 1.807) is 0 Å². The molecular weight excluding hydrogens is 304 g/mol. The Kier molecular flexibility index (Phi) is 10.1. The van der Waals surface area contributed by atoms with E-state index < -0.39 is 0 Å². The molecule has 1 aromatic heterocycles. The standard InChI is InChI=1S/C23H36N2/c1-2-3-4-5-6-7-8-9-10-11-15-18-23-24-19-20-25(23)21-22-16-13-12-14-17-22/h12-14,16-17,19-20H,2-11,15,18,21H2,1H3. The predicted octanol–water partition coefficient (Wildman–Crippen LogP) is 6.78. The zero-order valence-corrected chi connectivity index (χ0v) is 16.1. The zero-order chi connectivity index (χ0) is 17.6. The second-order valence-electron chi connectivity index (χ2n) is 7.24. The minimum Gasteiger partial charge on any atom is -0.331 e. The van der Waals surface area contributed by atoms with Crippen LogP contribution in [0.4, 0.5) is 0 Å². The topological polar surface area (TPSA) is 17.8 Å². The number of hydrogen-bond donors (Lipinski definition) is 0. The van der Waals surface area contributed by atoms with Crippen molar-refractivity contribution in [2.24, 2.45) is 0 Å². The highest BCUT2D eigenvalue weighted by Gasteiger charge is 2.03. The third kappa shape index (κ3) is 8.38. The Bertz CT molecular complexity index is 544. The number of unbranched alkanes of at least 4 members (excludes halogenated alkanes) is 10. The lowest BCUT2D eigenvalue weighted by Gasteiger charge is -2.08. The van der Waals surface area contributed by atoms with E-state index in [0.29, 0.717) is 0 Å². The average Bonchev–Trinajstić information content (AvgIpc) is 3.07. The Labute approximate surface area is 154 Å². The van der Waals surface area contributed by atoms with Gasteiger partial charge in [0.25, 0.3) is 0 Å². The molecular formula is C23H36N2. The summed E-state index contributed by atoms with van der Waals surface area (Å²) in [5.74, 6) is 1.24. The summed E-state index contributed by atoms with van der Waals surface area (Å²) in [5.41, 5.74) is 1.35. The average molecular weight is 341 g/mol. The van der Waals surface area contributed by atoms with Gasteiger partial charge in [-0.25, -0.2) is 4.98 Å². The van der Waals surface area contributed by atoms with Crippen LogP contribution in [0.3, 0.4) is 0 Å². The summed E-state index contributed by atoms with van der Waals surface area (Å²) in [6.45, 7) is 3.22. The molecule has 138 valence electrons. The molecule has 0 N–H and O–H groups in total. The van der Waals surface area contributed by atoms with Gasteiger partial charge in [0, 0.05) is 25.4 Å². The number of nitrogens with zero attached hydrogens (tertiary/aromatic N) is 2. The quantitative estimate of drug-likeness (QED) is 0.346. The number of benzene rings is 1. The van der Waals surface area contributed by atoms with Crippen LogP contribution >= 0.6 is 0 Å². The van der Waals surface area contributed by atoms with E-state index >= 15 is 0 Å². The van der Waals surface area contributed by atoms with E-state index in [9.17, 15) is 0 Å². The van der Waals surface area contributed by atoms with E-state index in [1.165, 1.54) is 82.0 Å². The first-order valence-corrected chi connectivity index (χ1v) is 10.4. The lowest BCUT2D eigenvalue weighted by atomic mass is 10.1. The molecule has 0 atom stereocenters. The largest absolute Gasteiger partial charge is 0.331 e. The van der Waals surface area contributed by atoms with Gasteiger partial charge in [-0.2, -0.15) is 0 Å². The highest BCUT2D eigenvalue weighted by atomic mass is 15.1. The smallest absolute Gasteiger partial charge is 0.108 e. The molecule has 0 aliphatic rings. The van der Waals surface area contributed by atoms with Crippen LogP contribution in [0.25, 0.3) is 0 Å². The summed E-state index contributed by atoms with van der Waals surface area (Å²) in [6, 6.07) is 10.7. The van der Waals surface area contributed by atoms with Crippen molar-refractivity contribution in [2.45, 2.75) is 90.5 Å². The van der Waals surface area contributed by atoms with Crippen molar-refractivity contribution in [3.05, 3.63) is 54.1 Å². The lowest BCUT2D eigenvalue weighted by molar-refractivity contribution is 0.545. The molecule has 2 aromatic rings. The van der Waals surface area contributed by atoms with Gasteiger partial charge in [-0.05, 0) is 12.0 Å². The summed E-state index contributed by atoms with van der Waals surface area (Å²) in [5, 5.41) is 0. The van der Waals surface area contributed by atoms with Crippen molar-refractivity contribution in [3.8, 4) is 0 Å². The van der Waals surface area contributed by atoms with Crippen LogP contribution in [0.15, 0.2) is 42.7 Å². The van der Waals surface area contributed by atoms with Crippen molar-refractivity contribution in [3.63, 3.8) is 0 Å². The Hall–Kier alpha value is -1.57. The minimum absolute atomic E-state index is 0.939. The van der Waals surface area contributed by atoms with Crippen molar-refractivity contribution in [1.82, 2.24) is 9.55 Å². The Balaban J connectivity index is 1.52. The van der Waals surface area contributed by atoms with Gasteiger partial charge in [0.1, 0.15) is 5.82 Å². The maximum Gasteiger partial charge on any atom is 0.108 e. The molecule has 1 heterocycles. The van der Waals surface area contributed by atoms with E-state index in [0.717, 1.165) is 13.0 Å². The van der Waals surface area contributed by atoms with E-state index in [1.807, 2.05) is 6.20 Å². The number of rotatable bonds is 14. The molecule has 25 heavy (non-hydrogen) atoms. The third-order valence-corrected chi connectivity index (χ3v) is 5.00. The van der Waals surface area contributed by atoms with Gasteiger partial charge < -0.3 is 4.57 Å². The number of hydrogen-bond acceptors (Lipinski definition) is 1. The van der Waals surface area contributed by atoms with Crippen molar-refractivity contribution in [2.75, 3.05) is 0 Å². The summed E-state index contributed by atoms with van der Waals surface area (Å²) in [6.07, 6.45) is 20.5. The fraction of sp³-hybridized carbons (Fsp3) is 0.609. The molecule has 0 fully saturated rings. The predicted molar refractivity (Wildman–Crippen MR) is 108 cm³/mol. The Morgan fingerprint density at radius 3 is 2.00 bits per heavy atom. The summed E-state index contributed by atoms with van der Waals surface area (Å²) in [7, 11) is 0. The van der Waals surface area contributed by atoms with Gasteiger partial charge in [-0.15, -0.1) is 0 Å². The van der Waals surface area contributed by atoms with Crippen LogP contribution in [-0.2, 0) is 13.0 Å². The molecule has 0 saturated heterocycles. The molecule has 0 bridgehead atoms. The zero-order valence-electron chi connectivity index (χ0n) is 16.1. The first kappa shape index (κ1) is 19.8. The fourth-order valence-electron chi connectivity index (χ4n) is 3.44. The van der Waals surface area contributed by atoms with Crippen LogP contribution in [0.2, 0.25) is 0 Å². The normalized spacial score (nSPS) is 11.1. The van der Waals surface area contributed by atoms with Crippen LogP contribution in [0.1, 0.15) is 88.9 Å². The molecule has 2 nitrogen and oxygen atoms in total. The van der Waals surface area contributed by atoms with Gasteiger partial charge in [0.2, 0.25) is 0 Å². The number of imidazole rings is 1. The maximum atomic E-state index is 4.56. The number of aromatic nitrogens is 2. The fourth-order valence-corrected chi connectivity index (χ4v) is 3.44. The summed E-state index contributed by atoms with van der Waals surface area (Å²) < 4.78 is 2.30. The highest BCUT2D eigenvalue weighted by Crippen LogP contribution is 2.13. The van der Waals surface area contributed by atoms with Gasteiger partial charge in [-0.1, -0.05) is 101 Å². The SMILES string of the molecule is CCCCCCCCCCCCCc1nccn1Cc1ccccc1. The molecule has 2 heteroatoms. The maximum absolute atomic E-state index is 4.56. The van der Waals surface area contributed by atoms with Crippen molar-refractivity contribution >= 4 is 0 Å². The van der Waals surface area contributed by atoms with E-state index in [2.05, 4.69) is 53.0 Å². The summed E-state index contributed by atoms with van der Waals surface area (Å²) in [4.78, 5) is 4.56. The van der Waals surface area contributed by atoms with Gasteiger partial charge >= 0.3 is 0 Å². The highest BCUT2D eigenvalue weighted by molar-refractivity contribution is 5.15. The molecule has 0 aliphatic carbocycles. The lowest BCUT2D eigenvalue weighted by Crippen LogP contribution is -2.04. The summed E-state index contributed by atoms with van der Waals surface area (Å²) >= 11 is 0. The molecule has 0 spiro atoms. The Morgan fingerprint density at radius 1 is 0.760 bits per heavy atom. The molecule has 2 rings (SSSR count). The van der Waals surface area contributed by atoms with Crippen LogP contribution in [-0.4, -0.2) is 9.55 Å². The molecule has 0 radical (unpaired) electrons. The third-order valence-electron chi connectivity index (χ3n) is 5.00. The van der Waals surface area contributed by atoms with Crippen molar-refractivity contribution < 1.29 is 0 Å². The molecule has 0 saturated carbocycles. The second kappa shape index (κ2) is 12.7. The minimum atomic E-state index is 0.939. The van der Waals surface area contributed by atoms with E-state index in [-0.39, 0.29) is 0 Å². The second-order valence-corrected chi connectivity index (χ2v) is 7.24.